The molecule has 0 saturated heterocycles. The molecule has 0 heterocycles. The maximum Gasteiger partial charge on any atom is 0.0462 e. The summed E-state index contributed by atoms with van der Waals surface area (Å²) in [5.74, 6) is 0. The fourth-order valence-corrected chi connectivity index (χ4v) is 2.93. The first-order valence-electron chi connectivity index (χ1n) is 7.19. The third kappa shape index (κ3) is 5.46. The molecule has 2 aromatic rings. The molecule has 0 atom stereocenters. The molecule has 1 nitrogen and oxygen atoms in total. The Balaban J connectivity index is 1.88. The molecule has 0 spiro atoms. The maximum atomic E-state index is 6.26. The number of aryl methyl sites for hydroxylation is 1. The monoisotopic (exact) mass is 365 g/mol. The molecular weight excluding hydrogens is 346 g/mol. The average Bonchev–Trinajstić information content (AvgIpc) is 2.45. The normalized spacial score (nSPS) is 11.6. The Morgan fingerprint density at radius 1 is 1.10 bits per heavy atom. The van der Waals surface area contributed by atoms with Gasteiger partial charge in [0.2, 0.25) is 0 Å². The van der Waals surface area contributed by atoms with Gasteiger partial charge in [-0.2, -0.15) is 0 Å². The molecule has 0 unspecified atom stereocenters. The number of benzene rings is 2. The van der Waals surface area contributed by atoms with E-state index in [-0.39, 0.29) is 5.54 Å². The van der Waals surface area contributed by atoms with E-state index in [0.29, 0.717) is 0 Å². The fraction of sp³-hybridized carbons (Fsp3) is 0.333. The Bertz CT molecular complexity index is 581. The third-order valence-electron chi connectivity index (χ3n) is 3.65. The van der Waals surface area contributed by atoms with Crippen LogP contribution in [0.3, 0.4) is 0 Å². The van der Waals surface area contributed by atoms with Gasteiger partial charge in [0.05, 0.1) is 0 Å². The zero-order chi connectivity index (χ0) is 15.3. The molecule has 0 saturated carbocycles. The molecule has 112 valence electrons. The topological polar surface area (TPSA) is 12.0 Å². The van der Waals surface area contributed by atoms with Gasteiger partial charge in [-0.25, -0.2) is 0 Å². The van der Waals surface area contributed by atoms with Crippen LogP contribution in [0.1, 0.15) is 31.4 Å². The van der Waals surface area contributed by atoms with Crippen molar-refractivity contribution in [2.75, 3.05) is 0 Å². The van der Waals surface area contributed by atoms with Crippen molar-refractivity contribution in [3.63, 3.8) is 0 Å². The van der Waals surface area contributed by atoms with E-state index in [4.69, 9.17) is 11.6 Å². The third-order valence-corrected chi connectivity index (χ3v) is 4.50. The van der Waals surface area contributed by atoms with Gasteiger partial charge in [-0.15, -0.1) is 0 Å². The van der Waals surface area contributed by atoms with Crippen LogP contribution in [0.2, 0.25) is 5.02 Å². The van der Waals surface area contributed by atoms with Gasteiger partial charge in [-0.1, -0.05) is 63.9 Å². The molecule has 0 bridgehead atoms. The van der Waals surface area contributed by atoms with Gasteiger partial charge < -0.3 is 5.32 Å². The lowest BCUT2D eigenvalue weighted by Gasteiger charge is -2.27. The van der Waals surface area contributed by atoms with Crippen LogP contribution in [0.4, 0.5) is 0 Å². The van der Waals surface area contributed by atoms with Crippen LogP contribution in [0.5, 0.6) is 0 Å². The minimum absolute atomic E-state index is 0.0756. The lowest BCUT2D eigenvalue weighted by molar-refractivity contribution is 0.360. The van der Waals surface area contributed by atoms with Crippen LogP contribution in [0.25, 0.3) is 0 Å². The first-order valence-corrected chi connectivity index (χ1v) is 8.36. The second-order valence-electron chi connectivity index (χ2n) is 5.96. The van der Waals surface area contributed by atoms with Crippen LogP contribution >= 0.6 is 27.5 Å². The minimum Gasteiger partial charge on any atom is -0.308 e. The highest BCUT2D eigenvalue weighted by Gasteiger charge is 2.17. The summed E-state index contributed by atoms with van der Waals surface area (Å²) in [6, 6.07) is 16.6. The van der Waals surface area contributed by atoms with Crippen LogP contribution in [0, 0.1) is 0 Å². The molecule has 0 fully saturated rings. The number of hydrogen-bond acceptors (Lipinski definition) is 1. The average molecular weight is 367 g/mol. The van der Waals surface area contributed by atoms with E-state index in [1.807, 2.05) is 12.1 Å². The van der Waals surface area contributed by atoms with E-state index in [9.17, 15) is 0 Å². The highest BCUT2D eigenvalue weighted by molar-refractivity contribution is 9.10. The minimum atomic E-state index is 0.0756. The Morgan fingerprint density at radius 2 is 1.81 bits per heavy atom. The summed E-state index contributed by atoms with van der Waals surface area (Å²) in [4.78, 5) is 0. The Hall–Kier alpha value is -0.830. The van der Waals surface area contributed by atoms with Crippen LogP contribution in [-0.2, 0) is 13.0 Å². The molecular formula is C18H21BrClN. The van der Waals surface area contributed by atoms with E-state index < -0.39 is 0 Å². The highest BCUT2D eigenvalue weighted by Crippen LogP contribution is 2.22. The van der Waals surface area contributed by atoms with Crippen LogP contribution < -0.4 is 5.32 Å². The maximum absolute atomic E-state index is 6.26. The Kier molecular flexibility index (Phi) is 5.86. The molecule has 2 aromatic carbocycles. The van der Waals surface area contributed by atoms with Crippen molar-refractivity contribution in [3.8, 4) is 0 Å². The van der Waals surface area contributed by atoms with E-state index in [0.717, 1.165) is 34.4 Å². The molecule has 0 amide bonds. The quantitative estimate of drug-likeness (QED) is 0.701. The van der Waals surface area contributed by atoms with Crippen molar-refractivity contribution in [2.24, 2.45) is 0 Å². The predicted molar refractivity (Wildman–Crippen MR) is 94.8 cm³/mol. The second-order valence-corrected chi connectivity index (χ2v) is 7.28. The predicted octanol–water partition coefficient (Wildman–Crippen LogP) is 5.60. The molecule has 21 heavy (non-hydrogen) atoms. The zero-order valence-corrected chi connectivity index (χ0v) is 14.8. The van der Waals surface area contributed by atoms with E-state index in [1.165, 1.54) is 5.56 Å². The molecule has 3 heteroatoms. The van der Waals surface area contributed by atoms with Gasteiger partial charge >= 0.3 is 0 Å². The molecule has 0 aliphatic carbocycles. The Morgan fingerprint density at radius 3 is 2.48 bits per heavy atom. The van der Waals surface area contributed by atoms with Gasteiger partial charge in [0, 0.05) is 21.6 Å². The highest BCUT2D eigenvalue weighted by atomic mass is 79.9. The molecule has 0 aliphatic rings. The summed E-state index contributed by atoms with van der Waals surface area (Å²) >= 11 is 9.69. The zero-order valence-electron chi connectivity index (χ0n) is 12.5. The number of rotatable bonds is 6. The standard InChI is InChI=1S/C18H21BrClN/c1-18(2,11-10-14-6-4-3-5-7-14)21-13-15-8-9-16(19)12-17(15)20/h3-9,12,21H,10-11,13H2,1-2H3. The van der Waals surface area contributed by atoms with Crippen LogP contribution in [0.15, 0.2) is 53.0 Å². The smallest absolute Gasteiger partial charge is 0.0462 e. The van der Waals surface area contributed by atoms with E-state index in [1.54, 1.807) is 0 Å². The van der Waals surface area contributed by atoms with Crippen LogP contribution in [-0.4, -0.2) is 5.54 Å². The molecule has 0 aliphatic heterocycles. The lowest BCUT2D eigenvalue weighted by atomic mass is 9.95. The number of hydrogen-bond donors (Lipinski definition) is 1. The van der Waals surface area contributed by atoms with E-state index in [2.05, 4.69) is 71.5 Å². The van der Waals surface area contributed by atoms with Gasteiger partial charge in [0.15, 0.2) is 0 Å². The Labute approximate surface area is 140 Å². The van der Waals surface area contributed by atoms with Gasteiger partial charge in [0.25, 0.3) is 0 Å². The first-order chi connectivity index (χ1) is 9.96. The van der Waals surface area contributed by atoms with Gasteiger partial charge in [-0.05, 0) is 49.9 Å². The molecule has 2 rings (SSSR count). The summed E-state index contributed by atoms with van der Waals surface area (Å²) in [5.41, 5.74) is 2.59. The largest absolute Gasteiger partial charge is 0.308 e. The SMILES string of the molecule is CC(C)(CCc1ccccc1)NCc1ccc(Br)cc1Cl. The lowest BCUT2D eigenvalue weighted by Crippen LogP contribution is -2.39. The molecule has 0 aromatic heterocycles. The number of nitrogens with one attached hydrogen (secondary N) is 1. The molecule has 0 radical (unpaired) electrons. The van der Waals surface area contributed by atoms with Crippen molar-refractivity contribution in [1.29, 1.82) is 0 Å². The summed E-state index contributed by atoms with van der Waals surface area (Å²) in [6.07, 6.45) is 2.17. The summed E-state index contributed by atoms with van der Waals surface area (Å²) in [6.45, 7) is 5.26. The molecule has 1 N–H and O–H groups in total. The van der Waals surface area contributed by atoms with Crippen molar-refractivity contribution >= 4 is 27.5 Å². The first kappa shape index (κ1) is 16.5. The number of halogens is 2. The van der Waals surface area contributed by atoms with Crippen molar-refractivity contribution in [1.82, 2.24) is 5.32 Å². The van der Waals surface area contributed by atoms with Crippen molar-refractivity contribution in [2.45, 2.75) is 38.8 Å². The fourth-order valence-electron chi connectivity index (χ4n) is 2.19. The van der Waals surface area contributed by atoms with Gasteiger partial charge in [0.1, 0.15) is 0 Å². The van der Waals surface area contributed by atoms with Gasteiger partial charge in [-0.3, -0.25) is 0 Å². The van der Waals surface area contributed by atoms with Crippen molar-refractivity contribution in [3.05, 3.63) is 69.2 Å². The van der Waals surface area contributed by atoms with Crippen molar-refractivity contribution < 1.29 is 0 Å². The second kappa shape index (κ2) is 7.44. The summed E-state index contributed by atoms with van der Waals surface area (Å²) in [5, 5.41) is 4.41. The van der Waals surface area contributed by atoms with E-state index >= 15 is 0 Å². The summed E-state index contributed by atoms with van der Waals surface area (Å²) in [7, 11) is 0. The summed E-state index contributed by atoms with van der Waals surface area (Å²) < 4.78 is 1.01.